The molecule has 0 fully saturated rings. The van der Waals surface area contributed by atoms with E-state index in [1.807, 2.05) is 18.2 Å². The fourth-order valence-electron chi connectivity index (χ4n) is 1.32. The largest absolute Gasteiger partial charge is 0.481 e. The lowest BCUT2D eigenvalue weighted by Crippen LogP contribution is -2.11. The number of hydrogen-bond donors (Lipinski definition) is 1. The first-order chi connectivity index (χ1) is 8.13. The van der Waals surface area contributed by atoms with Crippen molar-refractivity contribution >= 4 is 18.0 Å². The third-order valence-corrected chi connectivity index (χ3v) is 2.02. The molecular formula is C13H14O4. The Morgan fingerprint density at radius 2 is 1.94 bits per heavy atom. The Hall–Kier alpha value is -2.10. The zero-order valence-corrected chi connectivity index (χ0v) is 9.55. The van der Waals surface area contributed by atoms with E-state index in [0.29, 0.717) is 0 Å². The van der Waals surface area contributed by atoms with Crippen LogP contribution < -0.4 is 0 Å². The molecule has 0 aliphatic heterocycles. The van der Waals surface area contributed by atoms with E-state index in [1.54, 1.807) is 19.1 Å². The number of ether oxygens (including phenoxy) is 1. The van der Waals surface area contributed by atoms with E-state index in [9.17, 15) is 9.59 Å². The minimum absolute atomic E-state index is 0.144. The maximum atomic E-state index is 11.5. The summed E-state index contributed by atoms with van der Waals surface area (Å²) in [7, 11) is 0. The van der Waals surface area contributed by atoms with Gasteiger partial charge in [0.15, 0.2) is 0 Å². The second-order valence-electron chi connectivity index (χ2n) is 3.37. The van der Waals surface area contributed by atoms with E-state index in [2.05, 4.69) is 0 Å². The van der Waals surface area contributed by atoms with E-state index in [-0.39, 0.29) is 18.6 Å². The first kappa shape index (κ1) is 13.0. The lowest BCUT2D eigenvalue weighted by molar-refractivity contribution is -0.142. The van der Waals surface area contributed by atoms with Crippen molar-refractivity contribution in [3.63, 3.8) is 0 Å². The van der Waals surface area contributed by atoms with Crippen LogP contribution in [0.15, 0.2) is 35.9 Å². The van der Waals surface area contributed by atoms with Gasteiger partial charge < -0.3 is 9.84 Å². The molecule has 0 radical (unpaired) electrons. The Kier molecular flexibility index (Phi) is 4.94. The molecule has 0 heterocycles. The van der Waals surface area contributed by atoms with Crippen molar-refractivity contribution < 1.29 is 19.4 Å². The molecule has 1 aromatic carbocycles. The summed E-state index contributed by atoms with van der Waals surface area (Å²) in [6.07, 6.45) is 1.19. The molecule has 0 saturated carbocycles. The summed E-state index contributed by atoms with van der Waals surface area (Å²) in [6, 6.07) is 9.06. The normalized spacial score (nSPS) is 11.0. The number of esters is 1. The van der Waals surface area contributed by atoms with Crippen molar-refractivity contribution in [1.29, 1.82) is 0 Å². The van der Waals surface area contributed by atoms with Crippen LogP contribution in [0.4, 0.5) is 0 Å². The Morgan fingerprint density at radius 1 is 1.29 bits per heavy atom. The molecule has 0 bridgehead atoms. The summed E-state index contributed by atoms with van der Waals surface area (Å²) in [4.78, 5) is 22.2. The number of carboxylic acids is 1. The Morgan fingerprint density at radius 3 is 2.47 bits per heavy atom. The zero-order chi connectivity index (χ0) is 12.7. The van der Waals surface area contributed by atoms with E-state index < -0.39 is 11.9 Å². The molecule has 0 atom stereocenters. The van der Waals surface area contributed by atoms with Gasteiger partial charge in [0.25, 0.3) is 0 Å². The van der Waals surface area contributed by atoms with Crippen molar-refractivity contribution in [1.82, 2.24) is 0 Å². The Labute approximate surface area is 99.5 Å². The van der Waals surface area contributed by atoms with Crippen LogP contribution in [0, 0.1) is 0 Å². The number of carboxylic acid groups (broad SMARTS) is 1. The van der Waals surface area contributed by atoms with Crippen molar-refractivity contribution in [2.75, 3.05) is 6.61 Å². The highest BCUT2D eigenvalue weighted by Crippen LogP contribution is 2.11. The predicted octanol–water partition coefficient (Wildman–Crippen LogP) is 2.11. The molecule has 4 heteroatoms. The van der Waals surface area contributed by atoms with Crippen molar-refractivity contribution in [3.8, 4) is 0 Å². The van der Waals surface area contributed by atoms with E-state index in [0.717, 1.165) is 5.56 Å². The predicted molar refractivity (Wildman–Crippen MR) is 63.3 cm³/mol. The summed E-state index contributed by atoms with van der Waals surface area (Å²) >= 11 is 0. The quantitative estimate of drug-likeness (QED) is 0.626. The highest BCUT2D eigenvalue weighted by atomic mass is 16.5. The van der Waals surface area contributed by atoms with Gasteiger partial charge in [0.2, 0.25) is 0 Å². The molecule has 4 nitrogen and oxygen atoms in total. The van der Waals surface area contributed by atoms with Crippen LogP contribution in [0.2, 0.25) is 0 Å². The molecule has 0 aromatic heterocycles. The topological polar surface area (TPSA) is 63.6 Å². The highest BCUT2D eigenvalue weighted by molar-refractivity contribution is 5.97. The van der Waals surface area contributed by atoms with Gasteiger partial charge in [-0.1, -0.05) is 30.3 Å². The van der Waals surface area contributed by atoms with Gasteiger partial charge in [-0.05, 0) is 18.6 Å². The van der Waals surface area contributed by atoms with E-state index >= 15 is 0 Å². The molecule has 0 unspecified atom stereocenters. The van der Waals surface area contributed by atoms with Gasteiger partial charge >= 0.3 is 11.9 Å². The van der Waals surface area contributed by atoms with Crippen LogP contribution in [0.5, 0.6) is 0 Å². The fraction of sp³-hybridized carbons (Fsp3) is 0.231. The number of carbonyl (C=O) groups excluding carboxylic acids is 1. The number of benzene rings is 1. The number of hydrogen-bond acceptors (Lipinski definition) is 3. The summed E-state index contributed by atoms with van der Waals surface area (Å²) < 4.78 is 4.81. The lowest BCUT2D eigenvalue weighted by Gasteiger charge is -2.04. The van der Waals surface area contributed by atoms with Gasteiger partial charge in [-0.15, -0.1) is 0 Å². The van der Waals surface area contributed by atoms with Gasteiger partial charge in [-0.2, -0.15) is 0 Å². The molecule has 0 saturated heterocycles. The van der Waals surface area contributed by atoms with Crippen LogP contribution in [-0.2, 0) is 14.3 Å². The molecule has 0 aliphatic rings. The smallest absolute Gasteiger partial charge is 0.334 e. The average Bonchev–Trinajstić information content (AvgIpc) is 2.29. The van der Waals surface area contributed by atoms with E-state index in [1.165, 1.54) is 6.08 Å². The number of aliphatic carboxylic acids is 1. The summed E-state index contributed by atoms with van der Waals surface area (Å²) in [5, 5.41) is 8.73. The monoisotopic (exact) mass is 234 g/mol. The molecule has 90 valence electrons. The summed E-state index contributed by atoms with van der Waals surface area (Å²) in [5.74, 6) is -1.64. The standard InChI is InChI=1S/C13H14O4/c1-2-17-13(16)11(9-12(14)15)8-10-6-4-3-5-7-10/h3-8H,2,9H2,1H3,(H,14,15)/b11-8-. The Bertz CT molecular complexity index is 420. The minimum Gasteiger partial charge on any atom is -0.481 e. The average molecular weight is 234 g/mol. The van der Waals surface area contributed by atoms with Crippen LogP contribution >= 0.6 is 0 Å². The van der Waals surface area contributed by atoms with Crippen molar-refractivity contribution in [2.45, 2.75) is 13.3 Å². The zero-order valence-electron chi connectivity index (χ0n) is 9.55. The maximum Gasteiger partial charge on any atom is 0.334 e. The number of rotatable bonds is 5. The fourth-order valence-corrected chi connectivity index (χ4v) is 1.32. The first-order valence-electron chi connectivity index (χ1n) is 5.28. The third kappa shape index (κ3) is 4.51. The minimum atomic E-state index is -1.06. The molecule has 1 rings (SSSR count). The van der Waals surface area contributed by atoms with Gasteiger partial charge in [-0.3, -0.25) is 4.79 Å². The van der Waals surface area contributed by atoms with Crippen molar-refractivity contribution in [3.05, 3.63) is 41.5 Å². The van der Waals surface area contributed by atoms with E-state index in [4.69, 9.17) is 9.84 Å². The summed E-state index contributed by atoms with van der Waals surface area (Å²) in [6.45, 7) is 1.91. The van der Waals surface area contributed by atoms with Crippen LogP contribution in [0.25, 0.3) is 6.08 Å². The molecule has 17 heavy (non-hydrogen) atoms. The molecule has 1 N–H and O–H groups in total. The van der Waals surface area contributed by atoms with Crippen molar-refractivity contribution in [2.24, 2.45) is 0 Å². The third-order valence-electron chi connectivity index (χ3n) is 2.02. The Balaban J connectivity index is 2.93. The van der Waals surface area contributed by atoms with Gasteiger partial charge in [-0.25, -0.2) is 4.79 Å². The molecule has 0 aliphatic carbocycles. The second-order valence-corrected chi connectivity index (χ2v) is 3.37. The molecule has 0 spiro atoms. The van der Waals surface area contributed by atoms with Crippen LogP contribution in [0.1, 0.15) is 18.9 Å². The second kappa shape index (κ2) is 6.48. The molecule has 0 amide bonds. The number of carbonyl (C=O) groups is 2. The van der Waals surface area contributed by atoms with Gasteiger partial charge in [0.1, 0.15) is 0 Å². The SMILES string of the molecule is CCOC(=O)/C(=C\c1ccccc1)CC(=O)O. The van der Waals surface area contributed by atoms with Crippen LogP contribution in [0.3, 0.4) is 0 Å². The lowest BCUT2D eigenvalue weighted by atomic mass is 10.1. The molecular weight excluding hydrogens is 220 g/mol. The van der Waals surface area contributed by atoms with Gasteiger partial charge in [0.05, 0.1) is 13.0 Å². The van der Waals surface area contributed by atoms with Crippen LogP contribution in [-0.4, -0.2) is 23.7 Å². The first-order valence-corrected chi connectivity index (χ1v) is 5.28. The molecule has 1 aromatic rings. The highest BCUT2D eigenvalue weighted by Gasteiger charge is 2.14. The summed E-state index contributed by atoms with van der Waals surface area (Å²) in [5.41, 5.74) is 0.919. The van der Waals surface area contributed by atoms with Gasteiger partial charge in [0, 0.05) is 5.57 Å². The maximum absolute atomic E-state index is 11.5.